The highest BCUT2D eigenvalue weighted by Gasteiger charge is 2.16. The number of unbranched alkanes of at least 4 members (excludes halogenated alkanes) is 1. The van der Waals surface area contributed by atoms with Gasteiger partial charge in [0.25, 0.3) is 5.56 Å². The molecule has 9 heteroatoms. The SMILES string of the molecule is CCCCn1c(=O)c2ccccc2n2c(SCCOc3cccc(C(=O)OC)c3)nnc12. The molecule has 0 aliphatic heterocycles. The molecule has 0 fully saturated rings. The quantitative estimate of drug-likeness (QED) is 0.217. The van der Waals surface area contributed by atoms with Gasteiger partial charge in [-0.2, -0.15) is 0 Å². The van der Waals surface area contributed by atoms with Gasteiger partial charge in [0.2, 0.25) is 5.78 Å². The van der Waals surface area contributed by atoms with Crippen LogP contribution in [0.25, 0.3) is 16.7 Å². The van der Waals surface area contributed by atoms with E-state index in [-0.39, 0.29) is 5.56 Å². The number of nitrogens with zero attached hydrogens (tertiary/aromatic N) is 4. The van der Waals surface area contributed by atoms with Crippen molar-refractivity contribution in [3.63, 3.8) is 0 Å². The Morgan fingerprint density at radius 2 is 1.97 bits per heavy atom. The van der Waals surface area contributed by atoms with Gasteiger partial charge in [0.1, 0.15) is 5.75 Å². The second kappa shape index (κ2) is 9.86. The van der Waals surface area contributed by atoms with Crippen LogP contribution in [0.15, 0.2) is 58.5 Å². The second-order valence-corrected chi connectivity index (χ2v) is 8.22. The summed E-state index contributed by atoms with van der Waals surface area (Å²) in [6.45, 7) is 3.11. The van der Waals surface area contributed by atoms with Gasteiger partial charge in [-0.1, -0.05) is 43.3 Å². The maximum absolute atomic E-state index is 13.0. The monoisotopic (exact) mass is 452 g/mol. The van der Waals surface area contributed by atoms with Gasteiger partial charge in [0.05, 0.1) is 30.2 Å². The molecular weight excluding hydrogens is 428 g/mol. The summed E-state index contributed by atoms with van der Waals surface area (Å²) in [6.07, 6.45) is 1.87. The first kappa shape index (κ1) is 21.9. The lowest BCUT2D eigenvalue weighted by molar-refractivity contribution is 0.0600. The van der Waals surface area contributed by atoms with E-state index in [1.54, 1.807) is 28.8 Å². The van der Waals surface area contributed by atoms with Crippen LogP contribution in [0.3, 0.4) is 0 Å². The van der Waals surface area contributed by atoms with Gasteiger partial charge < -0.3 is 9.47 Å². The molecule has 0 spiro atoms. The highest BCUT2D eigenvalue weighted by atomic mass is 32.2. The van der Waals surface area contributed by atoms with Crippen LogP contribution in [0.1, 0.15) is 30.1 Å². The summed E-state index contributed by atoms with van der Waals surface area (Å²) in [5.41, 5.74) is 1.19. The van der Waals surface area contributed by atoms with Crippen molar-refractivity contribution in [2.24, 2.45) is 0 Å². The Kier molecular flexibility index (Phi) is 6.75. The number of ether oxygens (including phenoxy) is 2. The summed E-state index contributed by atoms with van der Waals surface area (Å²) < 4.78 is 14.2. The van der Waals surface area contributed by atoms with Crippen LogP contribution in [0.4, 0.5) is 0 Å². The topological polar surface area (TPSA) is 87.7 Å². The molecule has 4 aromatic rings. The van der Waals surface area contributed by atoms with Crippen LogP contribution < -0.4 is 10.3 Å². The number of hydrogen-bond acceptors (Lipinski definition) is 7. The molecule has 32 heavy (non-hydrogen) atoms. The Morgan fingerprint density at radius 1 is 1.12 bits per heavy atom. The van der Waals surface area contributed by atoms with Gasteiger partial charge in [0, 0.05) is 12.3 Å². The van der Waals surface area contributed by atoms with E-state index in [4.69, 9.17) is 9.47 Å². The molecule has 4 rings (SSSR count). The van der Waals surface area contributed by atoms with Crippen molar-refractivity contribution in [2.75, 3.05) is 19.5 Å². The van der Waals surface area contributed by atoms with Crippen LogP contribution in [0.5, 0.6) is 5.75 Å². The molecule has 0 unspecified atom stereocenters. The van der Waals surface area contributed by atoms with Gasteiger partial charge in [-0.25, -0.2) is 4.79 Å². The number of aryl methyl sites for hydroxylation is 1. The normalized spacial score (nSPS) is 11.2. The predicted molar refractivity (Wildman–Crippen MR) is 124 cm³/mol. The molecule has 2 aromatic carbocycles. The summed E-state index contributed by atoms with van der Waals surface area (Å²) in [6, 6.07) is 14.4. The van der Waals surface area contributed by atoms with Crippen molar-refractivity contribution >= 4 is 34.4 Å². The minimum Gasteiger partial charge on any atom is -0.493 e. The molecule has 8 nitrogen and oxygen atoms in total. The van der Waals surface area contributed by atoms with Gasteiger partial charge in [0.15, 0.2) is 5.16 Å². The van der Waals surface area contributed by atoms with E-state index in [2.05, 4.69) is 17.1 Å². The summed E-state index contributed by atoms with van der Waals surface area (Å²) in [5.74, 6) is 1.36. The summed E-state index contributed by atoms with van der Waals surface area (Å²) in [4.78, 5) is 24.7. The fourth-order valence-corrected chi connectivity index (χ4v) is 4.22. The van der Waals surface area contributed by atoms with Crippen molar-refractivity contribution in [1.29, 1.82) is 0 Å². The molecule has 0 atom stereocenters. The van der Waals surface area contributed by atoms with Crippen molar-refractivity contribution < 1.29 is 14.3 Å². The Hall–Kier alpha value is -3.33. The number of hydrogen-bond donors (Lipinski definition) is 0. The van der Waals surface area contributed by atoms with Crippen molar-refractivity contribution in [3.8, 4) is 5.75 Å². The molecule has 0 N–H and O–H groups in total. The van der Waals surface area contributed by atoms with E-state index in [0.29, 0.717) is 46.5 Å². The first-order valence-electron chi connectivity index (χ1n) is 10.4. The van der Waals surface area contributed by atoms with E-state index in [9.17, 15) is 9.59 Å². The number of carbonyl (C=O) groups excluding carboxylic acids is 1. The first-order chi connectivity index (χ1) is 15.6. The third-order valence-corrected chi connectivity index (χ3v) is 5.95. The predicted octanol–water partition coefficient (Wildman–Crippen LogP) is 3.80. The standard InChI is InChI=1S/C23H24N4O4S/c1-3-4-12-26-20(28)18-10-5-6-11-19(18)27-22(26)24-25-23(27)32-14-13-31-17-9-7-8-16(15-17)21(29)30-2/h5-11,15H,3-4,12-14H2,1-2H3. The zero-order valence-corrected chi connectivity index (χ0v) is 18.8. The zero-order valence-electron chi connectivity index (χ0n) is 18.0. The number of benzene rings is 2. The van der Waals surface area contributed by atoms with E-state index < -0.39 is 5.97 Å². The molecule has 0 saturated heterocycles. The number of fused-ring (bicyclic) bond motifs is 3. The minimum absolute atomic E-state index is 0.0423. The average Bonchev–Trinajstić information content (AvgIpc) is 3.25. The molecule has 2 aromatic heterocycles. The second-order valence-electron chi connectivity index (χ2n) is 7.16. The number of methoxy groups -OCH3 is 1. The Balaban J connectivity index is 1.55. The Labute approximate surface area is 189 Å². The maximum atomic E-state index is 13.0. The fraction of sp³-hybridized carbons (Fsp3) is 0.304. The van der Waals surface area contributed by atoms with Crippen LogP contribution >= 0.6 is 11.8 Å². The summed E-state index contributed by atoms with van der Waals surface area (Å²) in [5, 5.41) is 10.0. The smallest absolute Gasteiger partial charge is 0.337 e. The van der Waals surface area contributed by atoms with Crippen LogP contribution in [0, 0.1) is 0 Å². The number of para-hydroxylation sites is 1. The molecule has 166 valence electrons. The lowest BCUT2D eigenvalue weighted by Crippen LogP contribution is -2.23. The van der Waals surface area contributed by atoms with Gasteiger partial charge in [-0.05, 0) is 36.8 Å². The Bertz CT molecular complexity index is 1310. The average molecular weight is 453 g/mol. The first-order valence-corrected chi connectivity index (χ1v) is 11.4. The van der Waals surface area contributed by atoms with Gasteiger partial charge in [-0.3, -0.25) is 13.8 Å². The van der Waals surface area contributed by atoms with Crippen molar-refractivity contribution in [2.45, 2.75) is 31.5 Å². The van der Waals surface area contributed by atoms with Crippen LogP contribution in [-0.2, 0) is 11.3 Å². The number of aromatic nitrogens is 4. The van der Waals surface area contributed by atoms with Gasteiger partial charge >= 0.3 is 5.97 Å². The lowest BCUT2D eigenvalue weighted by atomic mass is 10.2. The highest BCUT2D eigenvalue weighted by molar-refractivity contribution is 7.99. The number of carbonyl (C=O) groups is 1. The molecule has 0 radical (unpaired) electrons. The fourth-order valence-electron chi connectivity index (χ4n) is 3.47. The van der Waals surface area contributed by atoms with Crippen LogP contribution in [-0.4, -0.2) is 44.6 Å². The summed E-state index contributed by atoms with van der Waals surface area (Å²) in [7, 11) is 1.35. The molecule has 0 bridgehead atoms. The number of thioether (sulfide) groups is 1. The molecule has 0 saturated carbocycles. The lowest BCUT2D eigenvalue weighted by Gasteiger charge is -2.11. The maximum Gasteiger partial charge on any atom is 0.337 e. The zero-order chi connectivity index (χ0) is 22.5. The van der Waals surface area contributed by atoms with Gasteiger partial charge in [-0.15, -0.1) is 10.2 Å². The minimum atomic E-state index is -0.402. The highest BCUT2D eigenvalue weighted by Crippen LogP contribution is 2.22. The van der Waals surface area contributed by atoms with Crippen molar-refractivity contribution in [1.82, 2.24) is 19.2 Å². The molecule has 0 aliphatic rings. The summed E-state index contributed by atoms with van der Waals surface area (Å²) >= 11 is 1.50. The number of esters is 1. The number of rotatable bonds is 9. The Morgan fingerprint density at radius 3 is 2.78 bits per heavy atom. The van der Waals surface area contributed by atoms with E-state index in [0.717, 1.165) is 18.4 Å². The van der Waals surface area contributed by atoms with E-state index >= 15 is 0 Å². The van der Waals surface area contributed by atoms with E-state index in [1.165, 1.54) is 18.9 Å². The third kappa shape index (κ3) is 4.34. The molecule has 0 amide bonds. The largest absolute Gasteiger partial charge is 0.493 e. The molecule has 2 heterocycles. The van der Waals surface area contributed by atoms with Crippen molar-refractivity contribution in [3.05, 3.63) is 64.4 Å². The van der Waals surface area contributed by atoms with E-state index in [1.807, 2.05) is 28.7 Å². The van der Waals surface area contributed by atoms with Crippen LogP contribution in [0.2, 0.25) is 0 Å². The molecular formula is C23H24N4O4S. The molecule has 0 aliphatic carbocycles. The third-order valence-electron chi connectivity index (χ3n) is 5.05.